The van der Waals surface area contributed by atoms with Crippen LogP contribution in [-0.2, 0) is 9.53 Å². The summed E-state index contributed by atoms with van der Waals surface area (Å²) in [7, 11) is 0. The van der Waals surface area contributed by atoms with Crippen molar-refractivity contribution in [3.63, 3.8) is 0 Å². The van der Waals surface area contributed by atoms with Crippen molar-refractivity contribution >= 4 is 21.8 Å². The summed E-state index contributed by atoms with van der Waals surface area (Å²) >= 11 is 3.15. The van der Waals surface area contributed by atoms with Gasteiger partial charge in [0.25, 0.3) is 5.91 Å². The Labute approximate surface area is 124 Å². The van der Waals surface area contributed by atoms with Gasteiger partial charge in [0.15, 0.2) is 6.61 Å². The zero-order valence-corrected chi connectivity index (χ0v) is 12.3. The lowest BCUT2D eigenvalue weighted by atomic mass is 10.0. The van der Waals surface area contributed by atoms with E-state index in [1.165, 1.54) is 18.2 Å². The second kappa shape index (κ2) is 6.51. The fourth-order valence-corrected chi connectivity index (χ4v) is 2.25. The maximum absolute atomic E-state index is 12.9. The van der Waals surface area contributed by atoms with Gasteiger partial charge in [-0.25, -0.2) is 4.39 Å². The lowest BCUT2D eigenvalue weighted by Gasteiger charge is -2.20. The molecule has 0 bridgehead atoms. The van der Waals surface area contributed by atoms with Crippen molar-refractivity contribution in [2.24, 2.45) is 0 Å². The van der Waals surface area contributed by atoms with Crippen molar-refractivity contribution in [2.75, 3.05) is 26.4 Å². The first-order chi connectivity index (χ1) is 9.48. The summed E-state index contributed by atoms with van der Waals surface area (Å²) in [6, 6.07) is 3.94. The molecular formula is C13H15BrFNO4. The Hall–Kier alpha value is -1.18. The first-order valence-electron chi connectivity index (χ1n) is 6.13. The number of ether oxygens (including phenoxy) is 2. The molecule has 0 radical (unpaired) electrons. The van der Waals surface area contributed by atoms with E-state index in [-0.39, 0.29) is 25.7 Å². The van der Waals surface area contributed by atoms with Gasteiger partial charge in [-0.05, 0) is 34.1 Å². The van der Waals surface area contributed by atoms with Crippen molar-refractivity contribution in [2.45, 2.75) is 12.0 Å². The fourth-order valence-electron chi connectivity index (χ4n) is 1.79. The molecule has 20 heavy (non-hydrogen) atoms. The molecule has 1 atom stereocenters. The highest BCUT2D eigenvalue weighted by atomic mass is 79.9. The van der Waals surface area contributed by atoms with Gasteiger partial charge in [0.05, 0.1) is 11.1 Å². The number of benzene rings is 1. The van der Waals surface area contributed by atoms with Gasteiger partial charge in [0.2, 0.25) is 0 Å². The molecule has 1 unspecified atom stereocenters. The molecule has 2 rings (SSSR count). The number of amides is 1. The second-order valence-corrected chi connectivity index (χ2v) is 5.52. The summed E-state index contributed by atoms with van der Waals surface area (Å²) in [6.45, 7) is 0.629. The molecule has 1 amide bonds. The monoisotopic (exact) mass is 347 g/mol. The van der Waals surface area contributed by atoms with E-state index in [4.69, 9.17) is 9.47 Å². The van der Waals surface area contributed by atoms with Crippen LogP contribution in [0.1, 0.15) is 6.42 Å². The number of hydrogen-bond acceptors (Lipinski definition) is 4. The predicted molar refractivity (Wildman–Crippen MR) is 73.0 cm³/mol. The van der Waals surface area contributed by atoms with Crippen LogP contribution in [0.3, 0.4) is 0 Å². The quantitative estimate of drug-likeness (QED) is 0.840. The molecule has 110 valence electrons. The molecule has 1 aliphatic heterocycles. The van der Waals surface area contributed by atoms with E-state index in [2.05, 4.69) is 21.2 Å². The number of carbonyl (C=O) groups is 1. The highest BCUT2D eigenvalue weighted by Crippen LogP contribution is 2.25. The van der Waals surface area contributed by atoms with Crippen LogP contribution in [0.25, 0.3) is 0 Å². The zero-order chi connectivity index (χ0) is 14.6. The Morgan fingerprint density at radius 3 is 3.05 bits per heavy atom. The molecule has 7 heteroatoms. The average Bonchev–Trinajstić information content (AvgIpc) is 2.83. The van der Waals surface area contributed by atoms with E-state index in [1.807, 2.05) is 0 Å². The highest BCUT2D eigenvalue weighted by Gasteiger charge is 2.32. The van der Waals surface area contributed by atoms with E-state index in [0.717, 1.165) is 0 Å². The van der Waals surface area contributed by atoms with Crippen molar-refractivity contribution < 1.29 is 23.8 Å². The van der Waals surface area contributed by atoms with Crippen LogP contribution in [0, 0.1) is 5.82 Å². The Bertz CT molecular complexity index is 491. The molecule has 5 nitrogen and oxygen atoms in total. The third-order valence-corrected chi connectivity index (χ3v) is 3.57. The molecule has 0 aromatic heterocycles. The van der Waals surface area contributed by atoms with Crippen LogP contribution in [0.4, 0.5) is 4.39 Å². The Kier molecular flexibility index (Phi) is 4.95. The maximum atomic E-state index is 12.9. The molecule has 1 aliphatic rings. The Balaban J connectivity index is 1.77. The van der Waals surface area contributed by atoms with Gasteiger partial charge in [-0.15, -0.1) is 0 Å². The molecule has 0 aliphatic carbocycles. The predicted octanol–water partition coefficient (Wildman–Crippen LogP) is 1.23. The molecule has 2 N–H and O–H groups in total. The molecular weight excluding hydrogens is 333 g/mol. The van der Waals surface area contributed by atoms with E-state index < -0.39 is 11.4 Å². The van der Waals surface area contributed by atoms with Crippen LogP contribution in [0.5, 0.6) is 5.75 Å². The summed E-state index contributed by atoms with van der Waals surface area (Å²) in [5.41, 5.74) is -0.994. The van der Waals surface area contributed by atoms with Crippen molar-refractivity contribution in [3.8, 4) is 5.75 Å². The van der Waals surface area contributed by atoms with Gasteiger partial charge < -0.3 is 19.9 Å². The molecule has 1 heterocycles. The zero-order valence-electron chi connectivity index (χ0n) is 10.7. The number of nitrogens with one attached hydrogen (secondary N) is 1. The highest BCUT2D eigenvalue weighted by molar-refractivity contribution is 9.10. The molecule has 0 saturated carbocycles. The van der Waals surface area contributed by atoms with Gasteiger partial charge >= 0.3 is 0 Å². The number of hydrogen-bond donors (Lipinski definition) is 2. The number of aliphatic hydroxyl groups is 1. The molecule has 1 aromatic carbocycles. The molecule has 0 spiro atoms. The first kappa shape index (κ1) is 15.2. The van der Waals surface area contributed by atoms with Crippen LogP contribution in [-0.4, -0.2) is 43.0 Å². The van der Waals surface area contributed by atoms with Crippen LogP contribution >= 0.6 is 15.9 Å². The summed E-state index contributed by atoms with van der Waals surface area (Å²) in [4.78, 5) is 11.6. The average molecular weight is 348 g/mol. The smallest absolute Gasteiger partial charge is 0.258 e. The second-order valence-electron chi connectivity index (χ2n) is 4.67. The summed E-state index contributed by atoms with van der Waals surface area (Å²) in [5, 5.41) is 12.6. The van der Waals surface area contributed by atoms with Crippen LogP contribution in [0.2, 0.25) is 0 Å². The van der Waals surface area contributed by atoms with Crippen LogP contribution in [0.15, 0.2) is 22.7 Å². The van der Waals surface area contributed by atoms with Gasteiger partial charge in [0.1, 0.15) is 17.2 Å². The fraction of sp³-hybridized carbons (Fsp3) is 0.462. The molecule has 1 saturated heterocycles. The SMILES string of the molecule is O=C(COc1ccc(F)cc1Br)NCC1(O)CCOC1. The molecule has 1 fully saturated rings. The maximum Gasteiger partial charge on any atom is 0.258 e. The van der Waals surface area contributed by atoms with Gasteiger partial charge in [-0.3, -0.25) is 4.79 Å². The molecule has 1 aromatic rings. The van der Waals surface area contributed by atoms with Crippen molar-refractivity contribution in [3.05, 3.63) is 28.5 Å². The van der Waals surface area contributed by atoms with E-state index in [9.17, 15) is 14.3 Å². The van der Waals surface area contributed by atoms with Crippen LogP contribution < -0.4 is 10.1 Å². The minimum Gasteiger partial charge on any atom is -0.483 e. The lowest BCUT2D eigenvalue weighted by Crippen LogP contribution is -2.44. The topological polar surface area (TPSA) is 67.8 Å². The van der Waals surface area contributed by atoms with E-state index in [1.54, 1.807) is 0 Å². The van der Waals surface area contributed by atoms with Gasteiger partial charge in [-0.2, -0.15) is 0 Å². The first-order valence-corrected chi connectivity index (χ1v) is 6.92. The number of halogens is 2. The summed E-state index contributed by atoms with van der Waals surface area (Å²) < 4.78 is 23.7. The minimum atomic E-state index is -0.994. The van der Waals surface area contributed by atoms with Gasteiger partial charge in [-0.1, -0.05) is 0 Å². The third-order valence-electron chi connectivity index (χ3n) is 2.95. The summed E-state index contributed by atoms with van der Waals surface area (Å²) in [5.74, 6) is -0.372. The minimum absolute atomic E-state index is 0.125. The lowest BCUT2D eigenvalue weighted by molar-refractivity contribution is -0.124. The Morgan fingerprint density at radius 1 is 1.60 bits per heavy atom. The summed E-state index contributed by atoms with van der Waals surface area (Å²) in [6.07, 6.45) is 0.498. The standard InChI is InChI=1S/C13H15BrFNO4/c14-10-5-9(15)1-2-11(10)20-6-12(17)16-7-13(18)3-4-19-8-13/h1-2,5,18H,3-4,6-8H2,(H,16,17). The third kappa shape index (κ3) is 4.16. The normalized spacial score (nSPS) is 21.8. The van der Waals surface area contributed by atoms with E-state index >= 15 is 0 Å². The number of rotatable bonds is 5. The Morgan fingerprint density at radius 2 is 2.40 bits per heavy atom. The van der Waals surface area contributed by atoms with E-state index in [0.29, 0.717) is 23.2 Å². The number of carbonyl (C=O) groups excluding carboxylic acids is 1. The van der Waals surface area contributed by atoms with Crippen molar-refractivity contribution in [1.29, 1.82) is 0 Å². The van der Waals surface area contributed by atoms with Crippen molar-refractivity contribution in [1.82, 2.24) is 5.32 Å². The van der Waals surface area contributed by atoms with Gasteiger partial charge in [0, 0.05) is 19.6 Å². The largest absolute Gasteiger partial charge is 0.483 e.